The molecule has 0 saturated carbocycles. The Hall–Kier alpha value is -1.38. The van der Waals surface area contributed by atoms with E-state index in [1.165, 1.54) is 0 Å². The van der Waals surface area contributed by atoms with Gasteiger partial charge < -0.3 is 5.11 Å². The summed E-state index contributed by atoms with van der Waals surface area (Å²) in [5, 5.41) is 8.68. The number of hydrogen-bond acceptors (Lipinski definition) is 2. The first-order valence-electron chi connectivity index (χ1n) is 4.24. The second kappa shape index (κ2) is 4.03. The van der Waals surface area contributed by atoms with Crippen LogP contribution in [0.4, 0.5) is 0 Å². The average molecular weight is 179 g/mol. The Morgan fingerprint density at radius 1 is 1.62 bits per heavy atom. The van der Waals surface area contributed by atoms with Crippen LogP contribution < -0.4 is 0 Å². The number of aryl methyl sites for hydroxylation is 1. The summed E-state index contributed by atoms with van der Waals surface area (Å²) in [4.78, 5) is 14.6. The van der Waals surface area contributed by atoms with Gasteiger partial charge in [-0.1, -0.05) is 13.0 Å². The van der Waals surface area contributed by atoms with Gasteiger partial charge in [-0.2, -0.15) is 0 Å². The predicted octanol–water partition coefficient (Wildman–Crippen LogP) is 1.65. The number of aromatic nitrogens is 1. The molecular formula is C10H13NO2. The van der Waals surface area contributed by atoms with Crippen molar-refractivity contribution in [3.63, 3.8) is 0 Å². The summed E-state index contributed by atoms with van der Waals surface area (Å²) < 4.78 is 0. The third-order valence-corrected chi connectivity index (χ3v) is 1.94. The third-order valence-electron chi connectivity index (χ3n) is 1.94. The van der Waals surface area contributed by atoms with Crippen molar-refractivity contribution >= 4 is 5.97 Å². The van der Waals surface area contributed by atoms with Crippen molar-refractivity contribution < 1.29 is 9.90 Å². The van der Waals surface area contributed by atoms with Crippen molar-refractivity contribution in [1.29, 1.82) is 0 Å². The minimum Gasteiger partial charge on any atom is -0.481 e. The maximum atomic E-state index is 10.6. The van der Waals surface area contributed by atoms with Gasteiger partial charge in [-0.05, 0) is 25.0 Å². The van der Waals surface area contributed by atoms with Gasteiger partial charge in [-0.3, -0.25) is 9.78 Å². The summed E-state index contributed by atoms with van der Waals surface area (Å²) in [6, 6.07) is 3.81. The van der Waals surface area contributed by atoms with E-state index in [-0.39, 0.29) is 5.92 Å². The van der Waals surface area contributed by atoms with Crippen LogP contribution in [0.25, 0.3) is 0 Å². The number of rotatable bonds is 3. The molecule has 70 valence electrons. The Morgan fingerprint density at radius 3 is 2.77 bits per heavy atom. The minimum absolute atomic E-state index is 0.343. The highest BCUT2D eigenvalue weighted by Crippen LogP contribution is 2.07. The van der Waals surface area contributed by atoms with Crippen molar-refractivity contribution in [2.24, 2.45) is 5.92 Å². The number of carboxylic acid groups (broad SMARTS) is 1. The summed E-state index contributed by atoms with van der Waals surface area (Å²) in [6.07, 6.45) is 2.28. The summed E-state index contributed by atoms with van der Waals surface area (Å²) in [5.41, 5.74) is 1.92. The SMILES string of the molecule is Cc1ccc(C[C@H](C)C(=O)O)cn1. The summed E-state index contributed by atoms with van der Waals surface area (Å²) in [6.45, 7) is 3.60. The number of pyridine rings is 1. The van der Waals surface area contributed by atoms with E-state index in [4.69, 9.17) is 5.11 Å². The smallest absolute Gasteiger partial charge is 0.306 e. The number of carbonyl (C=O) groups is 1. The molecule has 1 rings (SSSR count). The average Bonchev–Trinajstić information content (AvgIpc) is 2.08. The van der Waals surface area contributed by atoms with E-state index in [0.717, 1.165) is 11.3 Å². The molecule has 0 radical (unpaired) electrons. The van der Waals surface area contributed by atoms with Gasteiger partial charge in [-0.25, -0.2) is 0 Å². The molecule has 0 aliphatic carbocycles. The zero-order valence-electron chi connectivity index (χ0n) is 7.82. The Labute approximate surface area is 77.4 Å². The molecule has 1 atom stereocenters. The van der Waals surface area contributed by atoms with Crippen LogP contribution in [-0.4, -0.2) is 16.1 Å². The third kappa shape index (κ3) is 2.86. The lowest BCUT2D eigenvalue weighted by Gasteiger charge is -2.05. The van der Waals surface area contributed by atoms with Gasteiger partial charge in [0.1, 0.15) is 0 Å². The quantitative estimate of drug-likeness (QED) is 0.767. The van der Waals surface area contributed by atoms with Crippen LogP contribution in [0.3, 0.4) is 0 Å². The first kappa shape index (κ1) is 9.71. The highest BCUT2D eigenvalue weighted by Gasteiger charge is 2.11. The van der Waals surface area contributed by atoms with Gasteiger partial charge >= 0.3 is 5.97 Å². The van der Waals surface area contributed by atoms with Crippen LogP contribution in [0.5, 0.6) is 0 Å². The molecule has 3 nitrogen and oxygen atoms in total. The molecule has 0 amide bonds. The van der Waals surface area contributed by atoms with Crippen molar-refractivity contribution in [3.05, 3.63) is 29.6 Å². The molecule has 0 aromatic carbocycles. The standard InChI is InChI=1S/C10H13NO2/c1-7(10(12)13)5-9-4-3-8(2)11-6-9/h3-4,6-7H,5H2,1-2H3,(H,12,13)/t7-/m0/s1. The number of aliphatic carboxylic acids is 1. The van der Waals surface area contributed by atoms with E-state index in [9.17, 15) is 4.79 Å². The van der Waals surface area contributed by atoms with Crippen LogP contribution >= 0.6 is 0 Å². The van der Waals surface area contributed by atoms with Gasteiger partial charge in [-0.15, -0.1) is 0 Å². The maximum absolute atomic E-state index is 10.6. The predicted molar refractivity (Wildman–Crippen MR) is 49.5 cm³/mol. The number of nitrogens with zero attached hydrogens (tertiary/aromatic N) is 1. The lowest BCUT2D eigenvalue weighted by molar-refractivity contribution is -0.141. The zero-order chi connectivity index (χ0) is 9.84. The van der Waals surface area contributed by atoms with Crippen molar-refractivity contribution in [1.82, 2.24) is 4.98 Å². The van der Waals surface area contributed by atoms with E-state index >= 15 is 0 Å². The van der Waals surface area contributed by atoms with E-state index in [0.29, 0.717) is 6.42 Å². The van der Waals surface area contributed by atoms with Crippen LogP contribution in [0.15, 0.2) is 18.3 Å². The lowest BCUT2D eigenvalue weighted by atomic mass is 10.0. The fourth-order valence-corrected chi connectivity index (χ4v) is 1.06. The molecule has 0 aliphatic rings. The van der Waals surface area contributed by atoms with Gasteiger partial charge in [0, 0.05) is 11.9 Å². The number of hydrogen-bond donors (Lipinski definition) is 1. The lowest BCUT2D eigenvalue weighted by Crippen LogP contribution is -2.12. The van der Waals surface area contributed by atoms with Gasteiger partial charge in [0.25, 0.3) is 0 Å². The Morgan fingerprint density at radius 2 is 2.31 bits per heavy atom. The topological polar surface area (TPSA) is 50.2 Å². The molecular weight excluding hydrogens is 166 g/mol. The normalized spacial score (nSPS) is 12.5. The molecule has 1 aromatic heterocycles. The molecule has 0 spiro atoms. The first-order valence-corrected chi connectivity index (χ1v) is 4.24. The Balaban J connectivity index is 2.64. The Bertz CT molecular complexity index is 292. The molecule has 1 heterocycles. The van der Waals surface area contributed by atoms with Crippen LogP contribution in [0.2, 0.25) is 0 Å². The maximum Gasteiger partial charge on any atom is 0.306 e. The summed E-state index contributed by atoms with van der Waals surface area (Å²) in [7, 11) is 0. The fourth-order valence-electron chi connectivity index (χ4n) is 1.06. The van der Waals surface area contributed by atoms with Crippen LogP contribution in [-0.2, 0) is 11.2 Å². The van der Waals surface area contributed by atoms with Crippen molar-refractivity contribution in [2.75, 3.05) is 0 Å². The molecule has 0 unspecified atom stereocenters. The van der Waals surface area contributed by atoms with Gasteiger partial charge in [0.15, 0.2) is 0 Å². The fraction of sp³-hybridized carbons (Fsp3) is 0.400. The Kier molecular flexibility index (Phi) is 3.01. The van der Waals surface area contributed by atoms with Crippen molar-refractivity contribution in [2.45, 2.75) is 20.3 Å². The van der Waals surface area contributed by atoms with E-state index in [1.54, 1.807) is 13.1 Å². The minimum atomic E-state index is -0.763. The second-order valence-electron chi connectivity index (χ2n) is 3.25. The zero-order valence-corrected chi connectivity index (χ0v) is 7.82. The molecule has 0 bridgehead atoms. The molecule has 1 N–H and O–H groups in total. The molecule has 1 aromatic rings. The molecule has 3 heteroatoms. The van der Waals surface area contributed by atoms with E-state index < -0.39 is 5.97 Å². The monoisotopic (exact) mass is 179 g/mol. The molecule has 0 fully saturated rings. The molecule has 0 aliphatic heterocycles. The molecule has 13 heavy (non-hydrogen) atoms. The largest absolute Gasteiger partial charge is 0.481 e. The number of carboxylic acids is 1. The first-order chi connectivity index (χ1) is 6.09. The summed E-state index contributed by atoms with van der Waals surface area (Å²) in [5.74, 6) is -1.11. The van der Waals surface area contributed by atoms with Gasteiger partial charge in [0.05, 0.1) is 5.92 Å². The van der Waals surface area contributed by atoms with Crippen LogP contribution in [0, 0.1) is 12.8 Å². The highest BCUT2D eigenvalue weighted by molar-refractivity contribution is 5.69. The van der Waals surface area contributed by atoms with E-state index in [2.05, 4.69) is 4.98 Å². The second-order valence-corrected chi connectivity index (χ2v) is 3.25. The molecule has 0 saturated heterocycles. The van der Waals surface area contributed by atoms with Crippen molar-refractivity contribution in [3.8, 4) is 0 Å². The summed E-state index contributed by atoms with van der Waals surface area (Å²) >= 11 is 0. The van der Waals surface area contributed by atoms with Crippen LogP contribution in [0.1, 0.15) is 18.2 Å². The highest BCUT2D eigenvalue weighted by atomic mass is 16.4. The van der Waals surface area contributed by atoms with Gasteiger partial charge in [0.2, 0.25) is 0 Å². The van der Waals surface area contributed by atoms with E-state index in [1.807, 2.05) is 19.1 Å².